The van der Waals surface area contributed by atoms with E-state index in [1.54, 1.807) is 31.4 Å². The molecule has 0 fully saturated rings. The van der Waals surface area contributed by atoms with E-state index in [0.29, 0.717) is 22.1 Å². The molecule has 1 aliphatic rings. The number of rotatable bonds is 5. The number of methoxy groups -OCH3 is 2. The zero-order valence-electron chi connectivity index (χ0n) is 11.3. The molecule has 1 heterocycles. The third kappa shape index (κ3) is 3.39. The Morgan fingerprint density at radius 3 is 2.60 bits per heavy atom. The lowest BCUT2D eigenvalue weighted by atomic mass is 10.1. The number of ketones is 1. The van der Waals surface area contributed by atoms with Gasteiger partial charge in [-0.15, -0.1) is 11.8 Å². The minimum Gasteiger partial charge on any atom is -0.497 e. The molecule has 0 saturated heterocycles. The van der Waals surface area contributed by atoms with Gasteiger partial charge in [-0.1, -0.05) is 0 Å². The lowest BCUT2D eigenvalue weighted by molar-refractivity contribution is -0.141. The van der Waals surface area contributed by atoms with E-state index < -0.39 is 6.04 Å². The van der Waals surface area contributed by atoms with Crippen LogP contribution in [0.4, 0.5) is 0 Å². The van der Waals surface area contributed by atoms with E-state index in [0.717, 1.165) is 0 Å². The molecule has 2 rings (SSSR count). The van der Waals surface area contributed by atoms with Gasteiger partial charge in [-0.05, 0) is 24.3 Å². The quantitative estimate of drug-likeness (QED) is 0.613. The molecule has 0 aliphatic carbocycles. The first-order valence-electron chi connectivity index (χ1n) is 6.08. The monoisotopic (exact) mass is 293 g/mol. The first-order chi connectivity index (χ1) is 9.63. The van der Waals surface area contributed by atoms with Crippen molar-refractivity contribution in [3.05, 3.63) is 29.8 Å². The van der Waals surface area contributed by atoms with E-state index in [1.807, 2.05) is 0 Å². The van der Waals surface area contributed by atoms with Crippen molar-refractivity contribution < 1.29 is 19.1 Å². The summed E-state index contributed by atoms with van der Waals surface area (Å²) in [7, 11) is 2.91. The van der Waals surface area contributed by atoms with Gasteiger partial charge in [-0.3, -0.25) is 9.79 Å². The summed E-state index contributed by atoms with van der Waals surface area (Å²) >= 11 is 1.43. The predicted octanol–water partition coefficient (Wildman–Crippen LogP) is 1.95. The van der Waals surface area contributed by atoms with E-state index in [1.165, 1.54) is 18.9 Å². The molecule has 0 aromatic heterocycles. The Morgan fingerprint density at radius 2 is 2.00 bits per heavy atom. The van der Waals surface area contributed by atoms with E-state index >= 15 is 0 Å². The summed E-state index contributed by atoms with van der Waals surface area (Å²) in [5, 5.41) is 0.682. The van der Waals surface area contributed by atoms with Gasteiger partial charge in [-0.25, -0.2) is 4.79 Å². The second kappa shape index (κ2) is 6.56. The SMILES string of the molecule is COC(=O)C1CSC(CC(=O)c2ccc(OC)cc2)=N1. The number of hydrogen-bond acceptors (Lipinski definition) is 6. The average molecular weight is 293 g/mol. The molecule has 1 atom stereocenters. The maximum absolute atomic E-state index is 12.1. The van der Waals surface area contributed by atoms with Crippen molar-refractivity contribution in [1.29, 1.82) is 0 Å². The van der Waals surface area contributed by atoms with Crippen molar-refractivity contribution in [2.75, 3.05) is 20.0 Å². The van der Waals surface area contributed by atoms with Crippen LogP contribution < -0.4 is 4.74 Å². The number of ether oxygens (including phenoxy) is 2. The Kier molecular flexibility index (Phi) is 4.79. The summed E-state index contributed by atoms with van der Waals surface area (Å²) in [6, 6.07) is 6.45. The molecule has 5 nitrogen and oxygen atoms in total. The third-order valence-corrected chi connectivity index (χ3v) is 3.97. The van der Waals surface area contributed by atoms with Gasteiger partial charge in [0.2, 0.25) is 0 Å². The Balaban J connectivity index is 1.99. The van der Waals surface area contributed by atoms with Crippen molar-refractivity contribution in [2.24, 2.45) is 4.99 Å². The Hall–Kier alpha value is -1.82. The van der Waals surface area contributed by atoms with Crippen LogP contribution >= 0.6 is 11.8 Å². The summed E-state index contributed by atoms with van der Waals surface area (Å²) < 4.78 is 9.68. The molecule has 0 radical (unpaired) electrons. The zero-order valence-corrected chi connectivity index (χ0v) is 12.1. The van der Waals surface area contributed by atoms with Gasteiger partial charge < -0.3 is 9.47 Å². The number of esters is 1. The van der Waals surface area contributed by atoms with Crippen molar-refractivity contribution in [1.82, 2.24) is 0 Å². The van der Waals surface area contributed by atoms with E-state index in [2.05, 4.69) is 9.73 Å². The van der Waals surface area contributed by atoms with Crippen molar-refractivity contribution in [2.45, 2.75) is 12.5 Å². The molecule has 6 heteroatoms. The maximum Gasteiger partial charge on any atom is 0.331 e. The molecule has 20 heavy (non-hydrogen) atoms. The van der Waals surface area contributed by atoms with Gasteiger partial charge >= 0.3 is 5.97 Å². The number of hydrogen-bond donors (Lipinski definition) is 0. The van der Waals surface area contributed by atoms with E-state index in [9.17, 15) is 9.59 Å². The Labute approximate surface area is 121 Å². The summed E-state index contributed by atoms with van der Waals surface area (Å²) in [6.07, 6.45) is 0.213. The fraction of sp³-hybridized carbons (Fsp3) is 0.357. The number of Topliss-reactive ketones (excluding diaryl/α,β-unsaturated/α-hetero) is 1. The lowest BCUT2D eigenvalue weighted by Gasteiger charge is -2.02. The molecule has 106 valence electrons. The number of carbonyl (C=O) groups is 2. The Morgan fingerprint density at radius 1 is 1.30 bits per heavy atom. The highest BCUT2D eigenvalue weighted by Gasteiger charge is 2.26. The van der Waals surface area contributed by atoms with Crippen molar-refractivity contribution >= 4 is 28.6 Å². The molecule has 0 amide bonds. The van der Waals surface area contributed by atoms with Gasteiger partial charge in [0, 0.05) is 11.3 Å². The van der Waals surface area contributed by atoms with Crippen LogP contribution in [-0.4, -0.2) is 42.8 Å². The van der Waals surface area contributed by atoms with Crippen LogP contribution in [0.5, 0.6) is 5.75 Å². The van der Waals surface area contributed by atoms with Crippen LogP contribution in [0.3, 0.4) is 0 Å². The fourth-order valence-corrected chi connectivity index (χ4v) is 2.79. The third-order valence-electron chi connectivity index (χ3n) is 2.90. The summed E-state index contributed by atoms with van der Waals surface area (Å²) in [5.74, 6) is 0.867. The van der Waals surface area contributed by atoms with Crippen LogP contribution in [0.15, 0.2) is 29.3 Å². The molecular weight excluding hydrogens is 278 g/mol. The second-order valence-electron chi connectivity index (χ2n) is 4.20. The van der Waals surface area contributed by atoms with Crippen molar-refractivity contribution in [3.8, 4) is 5.75 Å². The van der Waals surface area contributed by atoms with Gasteiger partial charge in [0.05, 0.1) is 25.7 Å². The second-order valence-corrected chi connectivity index (χ2v) is 5.29. The number of thioether (sulfide) groups is 1. The smallest absolute Gasteiger partial charge is 0.331 e. The Bertz CT molecular complexity index is 539. The molecule has 1 unspecified atom stereocenters. The zero-order chi connectivity index (χ0) is 14.5. The summed E-state index contributed by atoms with van der Waals surface area (Å²) in [4.78, 5) is 27.7. The van der Waals surface area contributed by atoms with Gasteiger partial charge in [0.25, 0.3) is 0 Å². The first kappa shape index (κ1) is 14.6. The normalized spacial score (nSPS) is 17.5. The highest BCUT2D eigenvalue weighted by Crippen LogP contribution is 2.23. The fourth-order valence-electron chi connectivity index (χ4n) is 1.79. The largest absolute Gasteiger partial charge is 0.497 e. The molecule has 1 aromatic carbocycles. The molecule has 0 N–H and O–H groups in total. The highest BCUT2D eigenvalue weighted by molar-refractivity contribution is 8.14. The molecule has 0 saturated carbocycles. The summed E-state index contributed by atoms with van der Waals surface area (Å²) in [5.41, 5.74) is 0.607. The average Bonchev–Trinajstić information content (AvgIpc) is 2.95. The van der Waals surface area contributed by atoms with Crippen LogP contribution in [0.2, 0.25) is 0 Å². The van der Waals surface area contributed by atoms with Gasteiger partial charge in [0.1, 0.15) is 5.75 Å². The minimum atomic E-state index is -0.483. The van der Waals surface area contributed by atoms with Crippen LogP contribution in [-0.2, 0) is 9.53 Å². The molecule has 1 aromatic rings. The van der Waals surface area contributed by atoms with Crippen molar-refractivity contribution in [3.63, 3.8) is 0 Å². The predicted molar refractivity (Wildman–Crippen MR) is 77.6 cm³/mol. The molecule has 1 aliphatic heterocycles. The lowest BCUT2D eigenvalue weighted by Crippen LogP contribution is -2.19. The number of nitrogens with zero attached hydrogens (tertiary/aromatic N) is 1. The molecule has 0 bridgehead atoms. The highest BCUT2D eigenvalue weighted by atomic mass is 32.2. The van der Waals surface area contributed by atoms with E-state index in [4.69, 9.17) is 4.74 Å². The van der Waals surface area contributed by atoms with Gasteiger partial charge in [-0.2, -0.15) is 0 Å². The van der Waals surface area contributed by atoms with E-state index in [-0.39, 0.29) is 18.2 Å². The molecular formula is C14H15NO4S. The first-order valence-corrected chi connectivity index (χ1v) is 7.07. The standard InChI is InChI=1S/C14H15NO4S/c1-18-10-5-3-9(4-6-10)12(16)7-13-15-11(8-20-13)14(17)19-2/h3-6,11H,7-8H2,1-2H3. The topological polar surface area (TPSA) is 65.0 Å². The van der Waals surface area contributed by atoms with Crippen LogP contribution in [0.1, 0.15) is 16.8 Å². The molecule has 0 spiro atoms. The number of aliphatic imine (C=N–C) groups is 1. The maximum atomic E-state index is 12.1. The van der Waals surface area contributed by atoms with Crippen LogP contribution in [0, 0.1) is 0 Å². The van der Waals surface area contributed by atoms with Gasteiger partial charge in [0.15, 0.2) is 11.8 Å². The van der Waals surface area contributed by atoms with Crippen LogP contribution in [0.25, 0.3) is 0 Å². The number of benzene rings is 1. The number of carbonyl (C=O) groups excluding carboxylic acids is 2. The summed E-state index contributed by atoms with van der Waals surface area (Å²) in [6.45, 7) is 0. The minimum absolute atomic E-state index is 0.0237.